The molecule has 1 unspecified atom stereocenters. The third kappa shape index (κ3) is 4.34. The van der Waals surface area contributed by atoms with Crippen LogP contribution in [-0.2, 0) is 0 Å². The number of aromatic nitrogens is 6. The first-order valence-corrected chi connectivity index (χ1v) is 12.4. The number of hydrogen-bond donors (Lipinski definition) is 0. The molecule has 0 radical (unpaired) electrons. The second-order valence-electron chi connectivity index (χ2n) is 7.78. The van der Waals surface area contributed by atoms with Crippen molar-refractivity contribution in [3.63, 3.8) is 0 Å². The highest BCUT2D eigenvalue weighted by Crippen LogP contribution is 2.38. The topological polar surface area (TPSA) is 82.5 Å². The Morgan fingerprint density at radius 1 is 0.939 bits per heavy atom. The second kappa shape index (κ2) is 9.29. The molecule has 5 rings (SSSR count). The van der Waals surface area contributed by atoms with Gasteiger partial charge in [0.1, 0.15) is 0 Å². The molecule has 4 heterocycles. The zero-order valence-corrected chi connectivity index (χ0v) is 20.0. The second-order valence-corrected chi connectivity index (χ2v) is 10.0. The van der Waals surface area contributed by atoms with Gasteiger partial charge in [-0.05, 0) is 48.1 Å². The first-order chi connectivity index (χ1) is 16.1. The normalized spacial score (nSPS) is 12.4. The van der Waals surface area contributed by atoms with Gasteiger partial charge in [0, 0.05) is 18.0 Å². The highest BCUT2D eigenvalue weighted by Gasteiger charge is 2.24. The molecule has 7 nitrogen and oxygen atoms in total. The average Bonchev–Trinajstić information content (AvgIpc) is 3.60. The van der Waals surface area contributed by atoms with E-state index in [9.17, 15) is 0 Å². The fraction of sp³-hybridized carbons (Fsp3) is 0.208. The van der Waals surface area contributed by atoms with E-state index in [0.29, 0.717) is 17.7 Å². The summed E-state index contributed by atoms with van der Waals surface area (Å²) in [6, 6.07) is 16.2. The van der Waals surface area contributed by atoms with E-state index in [-0.39, 0.29) is 5.25 Å². The van der Waals surface area contributed by atoms with Crippen LogP contribution in [0.2, 0.25) is 0 Å². The highest BCUT2D eigenvalue weighted by molar-refractivity contribution is 7.99. The van der Waals surface area contributed by atoms with Crippen molar-refractivity contribution in [2.45, 2.75) is 37.1 Å². The van der Waals surface area contributed by atoms with Gasteiger partial charge in [-0.1, -0.05) is 49.9 Å². The molecule has 0 aliphatic heterocycles. The number of nitrogens with zero attached hydrogens (tertiary/aromatic N) is 6. The third-order valence-corrected chi connectivity index (χ3v) is 7.04. The number of thiophene rings is 1. The van der Waals surface area contributed by atoms with Crippen LogP contribution >= 0.6 is 23.1 Å². The van der Waals surface area contributed by atoms with E-state index in [0.717, 1.165) is 27.1 Å². The number of thioether (sulfide) groups is 1. The van der Waals surface area contributed by atoms with E-state index in [2.05, 4.69) is 62.0 Å². The molecular weight excluding hydrogens is 452 g/mol. The Bertz CT molecular complexity index is 1340. The van der Waals surface area contributed by atoms with E-state index in [1.807, 2.05) is 48.8 Å². The minimum Gasteiger partial charge on any atom is -0.419 e. The number of hydrogen-bond acceptors (Lipinski definition) is 8. The van der Waals surface area contributed by atoms with Crippen LogP contribution in [0.1, 0.15) is 43.4 Å². The molecule has 5 aromatic rings. The molecule has 0 bridgehead atoms. The van der Waals surface area contributed by atoms with Crippen molar-refractivity contribution in [1.29, 1.82) is 0 Å². The zero-order chi connectivity index (χ0) is 22.8. The van der Waals surface area contributed by atoms with Crippen molar-refractivity contribution >= 4 is 23.1 Å². The molecule has 1 atom stereocenters. The zero-order valence-electron chi connectivity index (χ0n) is 18.4. The molecule has 33 heavy (non-hydrogen) atoms. The van der Waals surface area contributed by atoms with Gasteiger partial charge in [-0.25, -0.2) is 0 Å². The maximum Gasteiger partial charge on any atom is 0.257 e. The molecule has 1 aromatic carbocycles. The van der Waals surface area contributed by atoms with Gasteiger partial charge in [-0.2, -0.15) is 0 Å². The number of pyridine rings is 1. The van der Waals surface area contributed by atoms with Crippen LogP contribution in [0.5, 0.6) is 0 Å². The van der Waals surface area contributed by atoms with Crippen molar-refractivity contribution in [2.75, 3.05) is 0 Å². The Hall–Kier alpha value is -3.30. The van der Waals surface area contributed by atoms with Gasteiger partial charge in [-0.15, -0.1) is 31.7 Å². The van der Waals surface area contributed by atoms with Gasteiger partial charge in [-0.3, -0.25) is 9.55 Å². The number of rotatable bonds is 7. The molecule has 0 aliphatic rings. The lowest BCUT2D eigenvalue weighted by Gasteiger charge is -2.17. The third-order valence-electron chi connectivity index (χ3n) is 5.16. The van der Waals surface area contributed by atoms with Gasteiger partial charge in [0.2, 0.25) is 5.89 Å². The quantitative estimate of drug-likeness (QED) is 0.252. The van der Waals surface area contributed by atoms with Crippen molar-refractivity contribution in [3.8, 4) is 27.8 Å². The van der Waals surface area contributed by atoms with E-state index in [4.69, 9.17) is 4.42 Å². The molecule has 0 spiro atoms. The van der Waals surface area contributed by atoms with Crippen LogP contribution in [0, 0.1) is 0 Å². The van der Waals surface area contributed by atoms with E-state index in [1.54, 1.807) is 29.3 Å². The molecule has 166 valence electrons. The summed E-state index contributed by atoms with van der Waals surface area (Å²) < 4.78 is 8.06. The summed E-state index contributed by atoms with van der Waals surface area (Å²) in [5, 5.41) is 20.2. The minimum atomic E-state index is -0.109. The molecule has 0 saturated carbocycles. The van der Waals surface area contributed by atoms with Crippen molar-refractivity contribution in [1.82, 2.24) is 29.9 Å². The van der Waals surface area contributed by atoms with Gasteiger partial charge in [0.25, 0.3) is 5.89 Å². The van der Waals surface area contributed by atoms with Crippen LogP contribution in [0.3, 0.4) is 0 Å². The number of benzene rings is 1. The maximum absolute atomic E-state index is 5.96. The molecule has 0 amide bonds. The summed E-state index contributed by atoms with van der Waals surface area (Å²) in [5.41, 5.74) is 3.17. The molecule has 0 aliphatic carbocycles. The highest BCUT2D eigenvalue weighted by atomic mass is 32.2. The Labute approximate surface area is 199 Å². The Morgan fingerprint density at radius 2 is 1.82 bits per heavy atom. The van der Waals surface area contributed by atoms with Gasteiger partial charge >= 0.3 is 0 Å². The largest absolute Gasteiger partial charge is 0.419 e. The van der Waals surface area contributed by atoms with Crippen LogP contribution in [0.15, 0.2) is 75.9 Å². The smallest absolute Gasteiger partial charge is 0.257 e. The van der Waals surface area contributed by atoms with Gasteiger partial charge in [0.15, 0.2) is 11.0 Å². The van der Waals surface area contributed by atoms with Crippen LogP contribution in [0.4, 0.5) is 0 Å². The van der Waals surface area contributed by atoms with Crippen molar-refractivity contribution in [3.05, 3.63) is 77.8 Å². The average molecular weight is 475 g/mol. The van der Waals surface area contributed by atoms with Crippen molar-refractivity contribution < 1.29 is 4.42 Å². The van der Waals surface area contributed by atoms with Crippen LogP contribution in [0.25, 0.3) is 27.8 Å². The summed E-state index contributed by atoms with van der Waals surface area (Å²) in [7, 11) is 0. The number of para-hydroxylation sites is 1. The predicted molar refractivity (Wildman–Crippen MR) is 131 cm³/mol. The first-order valence-electron chi connectivity index (χ1n) is 10.6. The lowest BCUT2D eigenvalue weighted by Crippen LogP contribution is -2.05. The van der Waals surface area contributed by atoms with Crippen LogP contribution < -0.4 is 0 Å². The first kappa shape index (κ1) is 21.5. The van der Waals surface area contributed by atoms with E-state index >= 15 is 0 Å². The Morgan fingerprint density at radius 3 is 2.58 bits per heavy atom. The van der Waals surface area contributed by atoms with Gasteiger partial charge < -0.3 is 4.42 Å². The van der Waals surface area contributed by atoms with E-state index in [1.165, 1.54) is 5.56 Å². The predicted octanol–water partition coefficient (Wildman–Crippen LogP) is 6.42. The summed E-state index contributed by atoms with van der Waals surface area (Å²) in [6.45, 7) is 6.41. The monoisotopic (exact) mass is 474 g/mol. The Kier molecular flexibility index (Phi) is 6.06. The summed E-state index contributed by atoms with van der Waals surface area (Å²) in [5.74, 6) is 2.17. The molecule has 4 aromatic heterocycles. The summed E-state index contributed by atoms with van der Waals surface area (Å²) in [6.07, 6.45) is 3.56. The standard InChI is InChI=1S/C24H22N6OS2/c1-15(2)18-9-4-5-10-19(18)30-21(17-8-6-12-25-14-17)26-29-24(30)33-16(3)22-27-28-23(31-22)20-11-7-13-32-20/h4-16H,1-3H3. The van der Waals surface area contributed by atoms with Crippen LogP contribution in [-0.4, -0.2) is 29.9 Å². The summed E-state index contributed by atoms with van der Waals surface area (Å²) in [4.78, 5) is 5.24. The lowest BCUT2D eigenvalue weighted by molar-refractivity contribution is 0.510. The fourth-order valence-corrected chi connectivity index (χ4v) is 5.07. The molecule has 0 fully saturated rings. The summed E-state index contributed by atoms with van der Waals surface area (Å²) >= 11 is 3.12. The van der Waals surface area contributed by atoms with Gasteiger partial charge in [0.05, 0.1) is 15.8 Å². The molecule has 9 heteroatoms. The Balaban J connectivity index is 1.55. The molecule has 0 N–H and O–H groups in total. The fourth-order valence-electron chi connectivity index (χ4n) is 3.53. The van der Waals surface area contributed by atoms with Crippen molar-refractivity contribution in [2.24, 2.45) is 0 Å². The SMILES string of the molecule is CC(C)c1ccccc1-n1c(SC(C)c2nnc(-c3cccs3)o2)nnc1-c1cccnc1. The maximum atomic E-state index is 5.96. The lowest BCUT2D eigenvalue weighted by atomic mass is 10.0. The van der Waals surface area contributed by atoms with E-state index < -0.39 is 0 Å². The molecular formula is C24H22N6OS2. The minimum absolute atomic E-state index is 0.109. The molecule has 0 saturated heterocycles.